The van der Waals surface area contributed by atoms with E-state index in [4.69, 9.17) is 5.73 Å². The average molecular weight is 285 g/mol. The molecule has 4 nitrogen and oxygen atoms in total. The minimum Gasteiger partial charge on any atom is -0.366 e. The summed E-state index contributed by atoms with van der Waals surface area (Å²) in [5.41, 5.74) is 6.02. The van der Waals surface area contributed by atoms with E-state index in [-0.39, 0.29) is 5.91 Å². The Morgan fingerprint density at radius 3 is 2.25 bits per heavy atom. The van der Waals surface area contributed by atoms with Gasteiger partial charge >= 0.3 is 0 Å². The molecule has 0 atom stereocenters. The number of nitrogens with one attached hydrogen (secondary N) is 1. The molecule has 0 spiro atoms. The molecule has 0 unspecified atom stereocenters. The second-order valence-corrected chi connectivity index (χ2v) is 4.03. The molecule has 3 N–H and O–H groups in total. The van der Waals surface area contributed by atoms with Gasteiger partial charge in [-0.05, 0) is 30.7 Å². The van der Waals surface area contributed by atoms with Crippen LogP contribution in [0.1, 0.15) is 27.1 Å². The number of benzene rings is 1. The van der Waals surface area contributed by atoms with Crippen molar-refractivity contribution >= 4 is 27.7 Å². The van der Waals surface area contributed by atoms with E-state index in [0.717, 1.165) is 11.8 Å². The lowest BCUT2D eigenvalue weighted by molar-refractivity contribution is 0.0951. The topological polar surface area (TPSA) is 72.2 Å². The summed E-state index contributed by atoms with van der Waals surface area (Å²) in [5, 5.41) is 3.62. The summed E-state index contributed by atoms with van der Waals surface area (Å²) in [6.45, 7) is 0.627. The lowest BCUT2D eigenvalue weighted by Crippen LogP contribution is -2.24. The van der Waals surface area contributed by atoms with Crippen LogP contribution in [0.15, 0.2) is 24.3 Å². The molecular formula is C11H13BrN2O2. The summed E-state index contributed by atoms with van der Waals surface area (Å²) in [6, 6.07) is 6.26. The minimum absolute atomic E-state index is 0.142. The zero-order valence-electron chi connectivity index (χ0n) is 8.70. The Morgan fingerprint density at radius 2 is 1.75 bits per heavy atom. The maximum absolute atomic E-state index is 11.6. The maximum atomic E-state index is 11.6. The number of rotatable bonds is 5. The molecule has 0 saturated heterocycles. The molecule has 1 aromatic rings. The number of carbonyl (C=O) groups is 2. The Bertz CT molecular complexity index is 376. The molecule has 0 aromatic heterocycles. The highest BCUT2D eigenvalue weighted by Crippen LogP contribution is 2.03. The fourth-order valence-corrected chi connectivity index (χ4v) is 1.44. The van der Waals surface area contributed by atoms with Gasteiger partial charge in [0.15, 0.2) is 0 Å². The first-order valence-corrected chi connectivity index (χ1v) is 6.01. The van der Waals surface area contributed by atoms with Crippen LogP contribution in [0.5, 0.6) is 0 Å². The molecule has 2 amide bonds. The predicted molar refractivity (Wildman–Crippen MR) is 65.7 cm³/mol. The average Bonchev–Trinajstić information content (AvgIpc) is 2.29. The highest BCUT2D eigenvalue weighted by molar-refractivity contribution is 9.09. The van der Waals surface area contributed by atoms with E-state index in [0.29, 0.717) is 17.7 Å². The lowest BCUT2D eigenvalue weighted by atomic mass is 10.1. The van der Waals surface area contributed by atoms with Crippen molar-refractivity contribution in [2.75, 3.05) is 11.9 Å². The van der Waals surface area contributed by atoms with Crippen LogP contribution in [-0.2, 0) is 0 Å². The highest BCUT2D eigenvalue weighted by atomic mass is 79.9. The Hall–Kier alpha value is -1.36. The van der Waals surface area contributed by atoms with Gasteiger partial charge in [0, 0.05) is 23.0 Å². The molecule has 0 saturated carbocycles. The molecule has 1 aromatic carbocycles. The van der Waals surface area contributed by atoms with Crippen molar-refractivity contribution in [1.82, 2.24) is 5.32 Å². The lowest BCUT2D eigenvalue weighted by Gasteiger charge is -2.04. The van der Waals surface area contributed by atoms with Gasteiger partial charge in [0.05, 0.1) is 0 Å². The van der Waals surface area contributed by atoms with Crippen molar-refractivity contribution in [2.45, 2.75) is 6.42 Å². The zero-order valence-corrected chi connectivity index (χ0v) is 10.3. The van der Waals surface area contributed by atoms with Crippen LogP contribution in [0.25, 0.3) is 0 Å². The smallest absolute Gasteiger partial charge is 0.251 e. The van der Waals surface area contributed by atoms with Crippen LogP contribution in [0.4, 0.5) is 0 Å². The van der Waals surface area contributed by atoms with E-state index in [1.165, 1.54) is 0 Å². The summed E-state index contributed by atoms with van der Waals surface area (Å²) in [7, 11) is 0. The van der Waals surface area contributed by atoms with Crippen LogP contribution >= 0.6 is 15.9 Å². The van der Waals surface area contributed by atoms with Crippen LogP contribution in [0, 0.1) is 0 Å². The fraction of sp³-hybridized carbons (Fsp3) is 0.273. The van der Waals surface area contributed by atoms with Gasteiger partial charge in [-0.3, -0.25) is 9.59 Å². The normalized spacial score (nSPS) is 9.81. The van der Waals surface area contributed by atoms with Crippen molar-refractivity contribution in [1.29, 1.82) is 0 Å². The number of hydrogen-bond acceptors (Lipinski definition) is 2. The van der Waals surface area contributed by atoms with E-state index >= 15 is 0 Å². The van der Waals surface area contributed by atoms with Gasteiger partial charge in [-0.1, -0.05) is 15.9 Å². The summed E-state index contributed by atoms with van der Waals surface area (Å²) >= 11 is 3.28. The molecule has 0 heterocycles. The van der Waals surface area contributed by atoms with Crippen LogP contribution in [0.2, 0.25) is 0 Å². The first-order valence-electron chi connectivity index (χ1n) is 4.89. The quantitative estimate of drug-likeness (QED) is 0.632. The second kappa shape index (κ2) is 6.27. The number of halogens is 1. The molecule has 0 fully saturated rings. The highest BCUT2D eigenvalue weighted by Gasteiger charge is 2.05. The van der Waals surface area contributed by atoms with Crippen LogP contribution in [-0.4, -0.2) is 23.7 Å². The van der Waals surface area contributed by atoms with Gasteiger partial charge in [-0.2, -0.15) is 0 Å². The van der Waals surface area contributed by atoms with Crippen LogP contribution < -0.4 is 11.1 Å². The number of nitrogens with two attached hydrogens (primary N) is 1. The zero-order chi connectivity index (χ0) is 12.0. The maximum Gasteiger partial charge on any atom is 0.251 e. The van der Waals surface area contributed by atoms with E-state index in [1.54, 1.807) is 24.3 Å². The van der Waals surface area contributed by atoms with Gasteiger partial charge in [-0.25, -0.2) is 0 Å². The van der Waals surface area contributed by atoms with Gasteiger partial charge in [0.2, 0.25) is 5.91 Å². The Balaban J connectivity index is 2.59. The van der Waals surface area contributed by atoms with Crippen molar-refractivity contribution in [2.24, 2.45) is 5.73 Å². The predicted octanol–water partition coefficient (Wildman–Crippen LogP) is 1.30. The summed E-state index contributed by atoms with van der Waals surface area (Å²) in [6.07, 6.45) is 0.880. The standard InChI is InChI=1S/C11H13BrN2O2/c12-6-1-7-14-11(16)9-4-2-8(3-5-9)10(13)15/h2-5H,1,6-7H2,(H2,13,15)(H,14,16). The van der Waals surface area contributed by atoms with Crippen molar-refractivity contribution in [3.8, 4) is 0 Å². The molecule has 0 radical (unpaired) electrons. The van der Waals surface area contributed by atoms with E-state index in [9.17, 15) is 9.59 Å². The number of carbonyl (C=O) groups excluding carboxylic acids is 2. The van der Waals surface area contributed by atoms with Crippen molar-refractivity contribution < 1.29 is 9.59 Å². The SMILES string of the molecule is NC(=O)c1ccc(C(=O)NCCCBr)cc1. The van der Waals surface area contributed by atoms with Gasteiger partial charge < -0.3 is 11.1 Å². The molecule has 0 aliphatic carbocycles. The second-order valence-electron chi connectivity index (χ2n) is 3.24. The van der Waals surface area contributed by atoms with E-state index in [1.807, 2.05) is 0 Å². The molecule has 0 bridgehead atoms. The Morgan fingerprint density at radius 1 is 1.19 bits per heavy atom. The monoisotopic (exact) mass is 284 g/mol. The Kier molecular flexibility index (Phi) is 4.98. The number of hydrogen-bond donors (Lipinski definition) is 2. The third-order valence-electron chi connectivity index (χ3n) is 2.03. The number of alkyl halides is 1. The van der Waals surface area contributed by atoms with E-state index < -0.39 is 5.91 Å². The fourth-order valence-electron chi connectivity index (χ4n) is 1.16. The third kappa shape index (κ3) is 3.66. The van der Waals surface area contributed by atoms with Crippen molar-refractivity contribution in [3.05, 3.63) is 35.4 Å². The molecule has 1 rings (SSSR count). The first-order chi connectivity index (χ1) is 7.65. The molecule has 16 heavy (non-hydrogen) atoms. The minimum atomic E-state index is -0.494. The van der Waals surface area contributed by atoms with Gasteiger partial charge in [0.1, 0.15) is 0 Å². The molecular weight excluding hydrogens is 272 g/mol. The van der Waals surface area contributed by atoms with Crippen molar-refractivity contribution in [3.63, 3.8) is 0 Å². The number of primary amides is 1. The molecule has 0 aliphatic heterocycles. The van der Waals surface area contributed by atoms with Crippen LogP contribution in [0.3, 0.4) is 0 Å². The summed E-state index contributed by atoms with van der Waals surface area (Å²) in [5.74, 6) is -0.636. The summed E-state index contributed by atoms with van der Waals surface area (Å²) < 4.78 is 0. The van der Waals surface area contributed by atoms with E-state index in [2.05, 4.69) is 21.2 Å². The molecule has 5 heteroatoms. The molecule has 86 valence electrons. The summed E-state index contributed by atoms with van der Waals surface area (Å²) in [4.78, 5) is 22.4. The third-order valence-corrected chi connectivity index (χ3v) is 2.59. The first kappa shape index (κ1) is 12.7. The molecule has 0 aliphatic rings. The Labute approximate surface area is 102 Å². The van der Waals surface area contributed by atoms with Gasteiger partial charge in [0.25, 0.3) is 5.91 Å². The number of amides is 2. The van der Waals surface area contributed by atoms with Gasteiger partial charge in [-0.15, -0.1) is 0 Å². The largest absolute Gasteiger partial charge is 0.366 e.